The first-order valence-electron chi connectivity index (χ1n) is 7.02. The molecule has 0 unspecified atom stereocenters. The Labute approximate surface area is 138 Å². The highest BCUT2D eigenvalue weighted by Gasteiger charge is 2.18. The fourth-order valence-electron chi connectivity index (χ4n) is 1.75. The van der Waals surface area contributed by atoms with Crippen LogP contribution in [0.2, 0.25) is 0 Å². The van der Waals surface area contributed by atoms with Crippen molar-refractivity contribution < 1.29 is 14.3 Å². The Morgan fingerprint density at radius 3 is 2.35 bits per heavy atom. The normalized spacial score (nSPS) is 11.0. The molecular weight excluding hydrogens is 314 g/mol. The second kappa shape index (κ2) is 6.78. The molecule has 1 aromatic carbocycles. The van der Waals surface area contributed by atoms with Crippen LogP contribution in [0.1, 0.15) is 41.6 Å². The van der Waals surface area contributed by atoms with Gasteiger partial charge >= 0.3 is 0 Å². The van der Waals surface area contributed by atoms with E-state index in [0.29, 0.717) is 16.4 Å². The zero-order valence-corrected chi connectivity index (χ0v) is 14.3. The Bertz CT molecular complexity index is 702. The van der Waals surface area contributed by atoms with Crippen LogP contribution in [0.3, 0.4) is 0 Å². The monoisotopic (exact) mass is 333 g/mol. The molecule has 2 amide bonds. The zero-order valence-electron chi connectivity index (χ0n) is 13.5. The number of carbonyl (C=O) groups excluding carboxylic acids is 2. The molecule has 0 atom stereocenters. The summed E-state index contributed by atoms with van der Waals surface area (Å²) in [4.78, 5) is 28.3. The van der Waals surface area contributed by atoms with Crippen molar-refractivity contribution in [2.45, 2.75) is 26.3 Å². The molecule has 0 bridgehead atoms. The highest BCUT2D eigenvalue weighted by molar-refractivity contribution is 7.14. The number of nitrogens with zero attached hydrogens (tertiary/aromatic N) is 1. The van der Waals surface area contributed by atoms with Crippen molar-refractivity contribution in [3.63, 3.8) is 0 Å². The number of aromatic nitrogens is 1. The first-order valence-corrected chi connectivity index (χ1v) is 7.90. The largest absolute Gasteiger partial charge is 0.497 e. The van der Waals surface area contributed by atoms with Crippen LogP contribution >= 0.6 is 11.3 Å². The van der Waals surface area contributed by atoms with Gasteiger partial charge in [-0.1, -0.05) is 0 Å². The summed E-state index contributed by atoms with van der Waals surface area (Å²) in [5.74, 6) is 0.125. The summed E-state index contributed by atoms with van der Waals surface area (Å²) in [5.41, 5.74) is 0.435. The van der Waals surface area contributed by atoms with E-state index in [2.05, 4.69) is 15.6 Å². The summed E-state index contributed by atoms with van der Waals surface area (Å²) in [5, 5.41) is 7.50. The molecule has 2 N–H and O–H groups in total. The number of thiazole rings is 1. The van der Waals surface area contributed by atoms with Crippen LogP contribution in [-0.4, -0.2) is 29.4 Å². The molecule has 23 heavy (non-hydrogen) atoms. The van der Waals surface area contributed by atoms with Gasteiger partial charge in [-0.2, -0.15) is 0 Å². The first kappa shape index (κ1) is 17.0. The van der Waals surface area contributed by atoms with Crippen molar-refractivity contribution in [2.24, 2.45) is 0 Å². The lowest BCUT2D eigenvalue weighted by Crippen LogP contribution is -2.40. The smallest absolute Gasteiger partial charge is 0.271 e. The molecule has 1 aromatic heterocycles. The SMILES string of the molecule is COc1ccc(C(=O)Nc2nc(C(=O)NC(C)(C)C)cs2)cc1. The molecule has 0 fully saturated rings. The number of amides is 2. The van der Waals surface area contributed by atoms with Crippen molar-refractivity contribution >= 4 is 28.3 Å². The number of hydrogen-bond acceptors (Lipinski definition) is 5. The molecule has 7 heteroatoms. The van der Waals surface area contributed by atoms with Gasteiger partial charge in [-0.05, 0) is 45.0 Å². The van der Waals surface area contributed by atoms with Crippen LogP contribution in [0, 0.1) is 0 Å². The van der Waals surface area contributed by atoms with Gasteiger partial charge in [0.15, 0.2) is 5.13 Å². The number of benzene rings is 1. The van der Waals surface area contributed by atoms with Crippen LogP contribution in [0.5, 0.6) is 5.75 Å². The molecule has 1 heterocycles. The van der Waals surface area contributed by atoms with Gasteiger partial charge < -0.3 is 10.1 Å². The Morgan fingerprint density at radius 2 is 1.78 bits per heavy atom. The molecule has 0 saturated heterocycles. The quantitative estimate of drug-likeness (QED) is 0.901. The fourth-order valence-corrected chi connectivity index (χ4v) is 2.44. The average Bonchev–Trinajstić information content (AvgIpc) is 2.94. The molecule has 0 aliphatic carbocycles. The number of nitrogens with one attached hydrogen (secondary N) is 2. The number of hydrogen-bond donors (Lipinski definition) is 2. The number of carbonyl (C=O) groups is 2. The van der Waals surface area contributed by atoms with Crippen LogP contribution in [0.15, 0.2) is 29.6 Å². The standard InChI is InChI=1S/C16H19N3O3S/c1-16(2,3)19-14(21)12-9-23-15(17-12)18-13(20)10-5-7-11(22-4)8-6-10/h5-9H,1-4H3,(H,19,21)(H,17,18,20). The summed E-state index contributed by atoms with van der Waals surface area (Å²) < 4.78 is 5.05. The fraction of sp³-hybridized carbons (Fsp3) is 0.312. The minimum atomic E-state index is -0.340. The maximum Gasteiger partial charge on any atom is 0.271 e. The van der Waals surface area contributed by atoms with E-state index in [4.69, 9.17) is 4.74 Å². The second-order valence-corrected chi connectivity index (χ2v) is 6.78. The average molecular weight is 333 g/mol. The maximum atomic E-state index is 12.1. The van der Waals surface area contributed by atoms with E-state index in [1.165, 1.54) is 11.3 Å². The van der Waals surface area contributed by atoms with Crippen LogP contribution in [0.25, 0.3) is 0 Å². The Morgan fingerprint density at radius 1 is 1.13 bits per heavy atom. The minimum absolute atomic E-state index is 0.265. The second-order valence-electron chi connectivity index (χ2n) is 5.92. The van der Waals surface area contributed by atoms with Gasteiger partial charge in [0.05, 0.1) is 7.11 Å². The van der Waals surface area contributed by atoms with Crippen LogP contribution < -0.4 is 15.4 Å². The van der Waals surface area contributed by atoms with Crippen molar-refractivity contribution in [1.82, 2.24) is 10.3 Å². The predicted octanol–water partition coefficient (Wildman–Crippen LogP) is 2.93. The van der Waals surface area contributed by atoms with E-state index >= 15 is 0 Å². The van der Waals surface area contributed by atoms with Gasteiger partial charge in [-0.15, -0.1) is 11.3 Å². The summed E-state index contributed by atoms with van der Waals surface area (Å²) in [6.45, 7) is 5.68. The summed E-state index contributed by atoms with van der Waals surface area (Å²) in [6, 6.07) is 6.74. The van der Waals surface area contributed by atoms with Crippen molar-refractivity contribution in [1.29, 1.82) is 0 Å². The minimum Gasteiger partial charge on any atom is -0.497 e. The summed E-state index contributed by atoms with van der Waals surface area (Å²) >= 11 is 1.21. The molecular formula is C16H19N3O3S. The van der Waals surface area contributed by atoms with E-state index in [9.17, 15) is 9.59 Å². The van der Waals surface area contributed by atoms with Gasteiger partial charge in [0.25, 0.3) is 11.8 Å². The van der Waals surface area contributed by atoms with Crippen molar-refractivity contribution in [2.75, 3.05) is 12.4 Å². The molecule has 0 saturated carbocycles. The molecule has 0 aliphatic rings. The van der Waals surface area contributed by atoms with Gasteiger partial charge in [0.1, 0.15) is 11.4 Å². The molecule has 0 spiro atoms. The van der Waals surface area contributed by atoms with E-state index in [0.717, 1.165) is 0 Å². The van der Waals surface area contributed by atoms with Crippen molar-refractivity contribution in [3.8, 4) is 5.75 Å². The molecule has 6 nitrogen and oxygen atoms in total. The van der Waals surface area contributed by atoms with Crippen molar-refractivity contribution in [3.05, 3.63) is 40.9 Å². The first-order chi connectivity index (χ1) is 10.8. The summed E-state index contributed by atoms with van der Waals surface area (Å²) in [6.07, 6.45) is 0. The van der Waals surface area contributed by atoms with Gasteiger partial charge in [-0.25, -0.2) is 4.98 Å². The third-order valence-electron chi connectivity index (χ3n) is 2.80. The Balaban J connectivity index is 2.03. The van der Waals surface area contributed by atoms with Crippen LogP contribution in [-0.2, 0) is 0 Å². The molecule has 2 aromatic rings. The van der Waals surface area contributed by atoms with E-state index in [1.54, 1.807) is 36.8 Å². The van der Waals surface area contributed by atoms with E-state index in [1.807, 2.05) is 20.8 Å². The number of ether oxygens (including phenoxy) is 1. The molecule has 2 rings (SSSR count). The Hall–Kier alpha value is -2.41. The molecule has 0 radical (unpaired) electrons. The lowest BCUT2D eigenvalue weighted by atomic mass is 10.1. The number of anilines is 1. The third kappa shape index (κ3) is 4.79. The van der Waals surface area contributed by atoms with Gasteiger partial charge in [0.2, 0.25) is 0 Å². The lowest BCUT2D eigenvalue weighted by molar-refractivity contribution is 0.0914. The lowest BCUT2D eigenvalue weighted by Gasteiger charge is -2.19. The topological polar surface area (TPSA) is 80.3 Å². The Kier molecular flexibility index (Phi) is 5.00. The number of rotatable bonds is 4. The van der Waals surface area contributed by atoms with Gasteiger partial charge in [0, 0.05) is 16.5 Å². The zero-order chi connectivity index (χ0) is 17.0. The van der Waals surface area contributed by atoms with Crippen LogP contribution in [0.4, 0.5) is 5.13 Å². The maximum absolute atomic E-state index is 12.1. The highest BCUT2D eigenvalue weighted by Crippen LogP contribution is 2.18. The molecule has 0 aliphatic heterocycles. The number of methoxy groups -OCH3 is 1. The third-order valence-corrected chi connectivity index (χ3v) is 3.56. The predicted molar refractivity (Wildman–Crippen MR) is 90.3 cm³/mol. The molecule has 122 valence electrons. The van der Waals surface area contributed by atoms with Gasteiger partial charge in [-0.3, -0.25) is 14.9 Å². The summed E-state index contributed by atoms with van der Waals surface area (Å²) in [7, 11) is 1.56. The highest BCUT2D eigenvalue weighted by atomic mass is 32.1. The van der Waals surface area contributed by atoms with E-state index < -0.39 is 0 Å². The van der Waals surface area contributed by atoms with E-state index in [-0.39, 0.29) is 23.0 Å².